The topological polar surface area (TPSA) is 25.4 Å². The lowest BCUT2D eigenvalue weighted by atomic mass is 10.0. The molecule has 0 amide bonds. The van der Waals surface area contributed by atoms with Crippen LogP contribution in [0.4, 0.5) is 9.52 Å². The van der Waals surface area contributed by atoms with Gasteiger partial charge in [-0.2, -0.15) is 0 Å². The molecule has 3 aromatic rings. The van der Waals surface area contributed by atoms with Crippen molar-refractivity contribution in [2.45, 2.75) is 32.7 Å². The van der Waals surface area contributed by atoms with E-state index in [-0.39, 0.29) is 11.9 Å². The first-order chi connectivity index (χ1) is 13.9. The molecule has 2 aromatic carbocycles. The Bertz CT molecular complexity index is 962. The van der Waals surface area contributed by atoms with Crippen LogP contribution in [0.5, 0.6) is 0 Å². The van der Waals surface area contributed by atoms with E-state index in [0.29, 0.717) is 16.8 Å². The molecule has 0 aliphatic rings. The Labute approximate surface area is 185 Å². The summed E-state index contributed by atoms with van der Waals surface area (Å²) in [6.45, 7) is 4.59. The highest BCUT2D eigenvalue weighted by molar-refractivity contribution is 7.16. The summed E-state index contributed by atoms with van der Waals surface area (Å²) in [5.74, 6) is -0.226. The molecule has 0 radical (unpaired) electrons. The van der Waals surface area contributed by atoms with E-state index in [1.165, 1.54) is 12.1 Å². The van der Waals surface area contributed by atoms with Crippen LogP contribution in [0.3, 0.4) is 0 Å². The zero-order valence-corrected chi connectivity index (χ0v) is 18.9. The molecule has 29 heavy (non-hydrogen) atoms. The lowest BCUT2D eigenvalue weighted by molar-refractivity contribution is 0.188. The van der Waals surface area contributed by atoms with E-state index in [1.807, 2.05) is 31.2 Å². The number of aryl methyl sites for hydroxylation is 1. The second-order valence-corrected chi connectivity index (χ2v) is 8.83. The van der Waals surface area contributed by atoms with E-state index >= 15 is 0 Å². The highest BCUT2D eigenvalue weighted by Crippen LogP contribution is 2.37. The maximum atomic E-state index is 13.3. The van der Waals surface area contributed by atoms with E-state index in [4.69, 9.17) is 32.9 Å². The Balaban J connectivity index is 1.92. The molecule has 0 aliphatic carbocycles. The third kappa shape index (κ3) is 5.28. The minimum absolute atomic E-state index is 0.166. The van der Waals surface area contributed by atoms with Crippen molar-refractivity contribution in [1.29, 1.82) is 0 Å². The third-order valence-corrected chi connectivity index (χ3v) is 6.34. The number of anilines is 1. The molecule has 1 heterocycles. The van der Waals surface area contributed by atoms with Gasteiger partial charge in [0.05, 0.1) is 10.7 Å². The van der Waals surface area contributed by atoms with Crippen molar-refractivity contribution in [3.63, 3.8) is 0 Å². The molecule has 154 valence electrons. The summed E-state index contributed by atoms with van der Waals surface area (Å²) in [4.78, 5) is 8.12. The maximum absolute atomic E-state index is 13.3. The molecule has 7 heteroatoms. The van der Waals surface area contributed by atoms with Gasteiger partial charge in [0.15, 0.2) is 5.13 Å². The van der Waals surface area contributed by atoms with Crippen LogP contribution in [0.25, 0.3) is 11.3 Å². The van der Waals surface area contributed by atoms with Gasteiger partial charge in [0, 0.05) is 28.6 Å². The molecule has 0 aliphatic heterocycles. The molecule has 0 saturated carbocycles. The fourth-order valence-corrected chi connectivity index (χ4v) is 4.74. The molecule has 1 atom stereocenters. The maximum Gasteiger partial charge on any atom is 0.188 e. The van der Waals surface area contributed by atoms with Crippen LogP contribution in [0, 0.1) is 12.7 Å². The first-order valence-corrected chi connectivity index (χ1v) is 10.9. The Hall–Kier alpha value is -1.66. The number of aromatic nitrogens is 1. The van der Waals surface area contributed by atoms with Gasteiger partial charge in [-0.05, 0) is 55.7 Å². The van der Waals surface area contributed by atoms with Crippen molar-refractivity contribution in [1.82, 2.24) is 4.98 Å². The van der Waals surface area contributed by atoms with E-state index < -0.39 is 0 Å². The van der Waals surface area contributed by atoms with Crippen molar-refractivity contribution in [3.8, 4) is 11.3 Å². The lowest BCUT2D eigenvalue weighted by Crippen LogP contribution is -2.38. The summed E-state index contributed by atoms with van der Waals surface area (Å²) in [5.41, 5.74) is 2.79. The minimum atomic E-state index is -0.226. The minimum Gasteiger partial charge on any atom is -0.364 e. The van der Waals surface area contributed by atoms with Crippen molar-refractivity contribution in [2.24, 2.45) is 0 Å². The van der Waals surface area contributed by atoms with Gasteiger partial charge in [-0.1, -0.05) is 42.3 Å². The van der Waals surface area contributed by atoms with Crippen LogP contribution in [0.2, 0.25) is 10.0 Å². The second kappa shape index (κ2) is 9.90. The van der Waals surface area contributed by atoms with Gasteiger partial charge < -0.3 is 9.64 Å². The number of nitrogens with zero attached hydrogens (tertiary/aromatic N) is 2. The van der Waals surface area contributed by atoms with Gasteiger partial charge in [0.2, 0.25) is 0 Å². The van der Waals surface area contributed by atoms with Crippen LogP contribution in [-0.2, 0) is 11.2 Å². The van der Waals surface area contributed by atoms with E-state index in [2.05, 4.69) is 11.8 Å². The zero-order valence-electron chi connectivity index (χ0n) is 16.6. The van der Waals surface area contributed by atoms with Gasteiger partial charge >= 0.3 is 0 Å². The van der Waals surface area contributed by atoms with E-state index in [0.717, 1.165) is 39.7 Å². The number of hydrogen-bond acceptors (Lipinski definition) is 4. The summed E-state index contributed by atoms with van der Waals surface area (Å²) < 4.78 is 18.7. The lowest BCUT2D eigenvalue weighted by Gasteiger charge is -2.30. The Kier molecular flexibility index (Phi) is 7.52. The number of benzene rings is 2. The van der Waals surface area contributed by atoms with Gasteiger partial charge in [-0.25, -0.2) is 9.37 Å². The Morgan fingerprint density at radius 1 is 1.17 bits per heavy atom. The Morgan fingerprint density at radius 2 is 1.90 bits per heavy atom. The summed E-state index contributed by atoms with van der Waals surface area (Å²) >= 11 is 14.1. The summed E-state index contributed by atoms with van der Waals surface area (Å²) in [5, 5.41) is 2.05. The quantitative estimate of drug-likeness (QED) is 0.344. The smallest absolute Gasteiger partial charge is 0.188 e. The monoisotopic (exact) mass is 452 g/mol. The SMILES string of the molecule is CCC(Cc1ccc(F)cc1)N(COC)c1nc(-c2ccc(Cl)cc2Cl)c(C)s1. The number of ether oxygens (including phenoxy) is 1. The van der Waals surface area contributed by atoms with Crippen molar-refractivity contribution >= 4 is 39.7 Å². The van der Waals surface area contributed by atoms with Crippen LogP contribution in [-0.4, -0.2) is 24.9 Å². The highest BCUT2D eigenvalue weighted by atomic mass is 35.5. The molecule has 3 nitrogen and oxygen atoms in total. The summed E-state index contributed by atoms with van der Waals surface area (Å²) in [7, 11) is 1.68. The number of methoxy groups -OCH3 is 1. The van der Waals surface area contributed by atoms with Crippen LogP contribution < -0.4 is 4.90 Å². The van der Waals surface area contributed by atoms with Crippen LogP contribution >= 0.6 is 34.5 Å². The number of hydrogen-bond donors (Lipinski definition) is 0. The second-order valence-electron chi connectivity index (χ2n) is 6.81. The van der Waals surface area contributed by atoms with Crippen molar-refractivity contribution < 1.29 is 9.13 Å². The average molecular weight is 453 g/mol. The van der Waals surface area contributed by atoms with Gasteiger partial charge in [0.25, 0.3) is 0 Å². The standard InChI is InChI=1S/C22H23Cl2FN2OS/c1-4-18(11-15-5-8-17(25)9-6-15)27(13-28-3)22-26-21(14(2)29-22)19-10-7-16(23)12-20(19)24/h5-10,12,18H,4,11,13H2,1-3H3. The van der Waals surface area contributed by atoms with Gasteiger partial charge in [0.1, 0.15) is 12.5 Å². The molecule has 0 N–H and O–H groups in total. The van der Waals surface area contributed by atoms with Crippen molar-refractivity contribution in [3.05, 3.63) is 68.8 Å². The zero-order chi connectivity index (χ0) is 21.0. The number of halogens is 3. The van der Waals surface area contributed by atoms with E-state index in [1.54, 1.807) is 24.5 Å². The molecule has 0 spiro atoms. The molecule has 1 aromatic heterocycles. The molecule has 0 saturated heterocycles. The molecular weight excluding hydrogens is 430 g/mol. The molecule has 0 bridgehead atoms. The van der Waals surface area contributed by atoms with Gasteiger partial charge in [-0.15, -0.1) is 11.3 Å². The average Bonchev–Trinajstić information content (AvgIpc) is 3.07. The van der Waals surface area contributed by atoms with Gasteiger partial charge in [-0.3, -0.25) is 0 Å². The summed E-state index contributed by atoms with van der Waals surface area (Å²) in [6, 6.07) is 12.3. The molecular formula is C22H23Cl2FN2OS. The summed E-state index contributed by atoms with van der Waals surface area (Å²) in [6.07, 6.45) is 1.67. The largest absolute Gasteiger partial charge is 0.364 e. The van der Waals surface area contributed by atoms with E-state index in [9.17, 15) is 4.39 Å². The van der Waals surface area contributed by atoms with Crippen molar-refractivity contribution in [2.75, 3.05) is 18.7 Å². The number of thiazole rings is 1. The number of rotatable bonds is 8. The Morgan fingerprint density at radius 3 is 2.52 bits per heavy atom. The fourth-order valence-electron chi connectivity index (χ4n) is 3.26. The van der Waals surface area contributed by atoms with Crippen LogP contribution in [0.1, 0.15) is 23.8 Å². The fraction of sp³-hybridized carbons (Fsp3) is 0.318. The first kappa shape index (κ1) is 22.0. The molecule has 0 fully saturated rings. The normalized spacial score (nSPS) is 12.2. The first-order valence-electron chi connectivity index (χ1n) is 9.35. The third-order valence-electron chi connectivity index (χ3n) is 4.78. The molecule has 3 rings (SSSR count). The predicted octanol–water partition coefficient (Wildman–Crippen LogP) is 7.00. The van der Waals surface area contributed by atoms with Crippen LogP contribution in [0.15, 0.2) is 42.5 Å². The molecule has 1 unspecified atom stereocenters. The highest BCUT2D eigenvalue weighted by Gasteiger charge is 2.23. The predicted molar refractivity (Wildman–Crippen MR) is 121 cm³/mol.